The van der Waals surface area contributed by atoms with Gasteiger partial charge in [-0.3, -0.25) is 0 Å². The molecule has 0 unspecified atom stereocenters. The zero-order valence-corrected chi connectivity index (χ0v) is 14.5. The van der Waals surface area contributed by atoms with Crippen LogP contribution >= 0.6 is 22.9 Å². The second-order valence-corrected chi connectivity index (χ2v) is 6.83. The first kappa shape index (κ1) is 15.1. The first-order valence-corrected chi connectivity index (χ1v) is 8.80. The molecule has 0 bridgehead atoms. The van der Waals surface area contributed by atoms with Gasteiger partial charge in [0.05, 0.1) is 15.4 Å². The number of aromatic nitrogens is 2. The molecule has 0 aliphatic heterocycles. The van der Waals surface area contributed by atoms with Gasteiger partial charge in [0, 0.05) is 11.1 Å². The number of hydrogen-bond donors (Lipinski definition) is 1. The van der Waals surface area contributed by atoms with Crippen molar-refractivity contribution in [2.45, 2.75) is 6.92 Å². The standard InChI is InChI=1S/C19H14ClN3S/c1-12-5-4-6-13(11-12)21-18-14-7-2-3-8-16(14)22-19(23-18)17-15(20)9-10-24-17/h2-11H,1H3,(H,21,22,23). The number of rotatable bonds is 3. The average molecular weight is 352 g/mol. The summed E-state index contributed by atoms with van der Waals surface area (Å²) in [7, 11) is 0. The van der Waals surface area contributed by atoms with Crippen LogP contribution in [0.25, 0.3) is 21.6 Å². The fourth-order valence-corrected chi connectivity index (χ4v) is 3.66. The Labute approximate surface area is 149 Å². The van der Waals surface area contributed by atoms with E-state index in [2.05, 4.69) is 29.4 Å². The number of nitrogens with zero attached hydrogens (tertiary/aromatic N) is 2. The minimum Gasteiger partial charge on any atom is -0.340 e. The monoisotopic (exact) mass is 351 g/mol. The lowest BCUT2D eigenvalue weighted by Gasteiger charge is -2.11. The van der Waals surface area contributed by atoms with Gasteiger partial charge < -0.3 is 5.32 Å². The third kappa shape index (κ3) is 2.86. The van der Waals surface area contributed by atoms with E-state index in [1.165, 1.54) is 5.56 Å². The Morgan fingerprint density at radius 2 is 1.88 bits per heavy atom. The number of para-hydroxylation sites is 1. The highest BCUT2D eigenvalue weighted by Crippen LogP contribution is 2.34. The van der Waals surface area contributed by atoms with Crippen LogP contribution in [0.1, 0.15) is 5.56 Å². The molecule has 0 aliphatic carbocycles. The number of benzene rings is 2. The van der Waals surface area contributed by atoms with E-state index in [9.17, 15) is 0 Å². The fraction of sp³-hybridized carbons (Fsp3) is 0.0526. The molecule has 0 saturated heterocycles. The van der Waals surface area contributed by atoms with Gasteiger partial charge >= 0.3 is 0 Å². The van der Waals surface area contributed by atoms with Crippen LogP contribution in [0.15, 0.2) is 60.0 Å². The zero-order chi connectivity index (χ0) is 16.5. The lowest BCUT2D eigenvalue weighted by atomic mass is 10.2. The van der Waals surface area contributed by atoms with Crippen molar-refractivity contribution in [3.8, 4) is 10.7 Å². The molecule has 4 aromatic rings. The highest BCUT2D eigenvalue weighted by molar-refractivity contribution is 7.14. The molecule has 2 heterocycles. The molecule has 0 atom stereocenters. The van der Waals surface area contributed by atoms with Gasteiger partial charge in [0.1, 0.15) is 5.82 Å². The van der Waals surface area contributed by atoms with Crippen molar-refractivity contribution in [1.29, 1.82) is 0 Å². The predicted octanol–water partition coefficient (Wildman–Crippen LogP) is 6.06. The Morgan fingerprint density at radius 3 is 2.67 bits per heavy atom. The number of thiophene rings is 1. The van der Waals surface area contributed by atoms with E-state index in [0.717, 1.165) is 27.3 Å². The second kappa shape index (κ2) is 6.23. The van der Waals surface area contributed by atoms with Crippen LogP contribution in [0.5, 0.6) is 0 Å². The van der Waals surface area contributed by atoms with Gasteiger partial charge in [0.25, 0.3) is 0 Å². The Bertz CT molecular complexity index is 1030. The summed E-state index contributed by atoms with van der Waals surface area (Å²) in [5.74, 6) is 1.43. The molecule has 24 heavy (non-hydrogen) atoms. The van der Waals surface area contributed by atoms with E-state index in [0.29, 0.717) is 10.8 Å². The van der Waals surface area contributed by atoms with E-state index in [4.69, 9.17) is 16.6 Å². The lowest BCUT2D eigenvalue weighted by Crippen LogP contribution is -1.99. The van der Waals surface area contributed by atoms with Gasteiger partial charge in [-0.05, 0) is 48.2 Å². The highest BCUT2D eigenvalue weighted by Gasteiger charge is 2.13. The van der Waals surface area contributed by atoms with Crippen LogP contribution in [0.4, 0.5) is 11.5 Å². The fourth-order valence-electron chi connectivity index (χ4n) is 2.59. The quantitative estimate of drug-likeness (QED) is 0.487. The summed E-state index contributed by atoms with van der Waals surface area (Å²) in [6.45, 7) is 2.07. The largest absolute Gasteiger partial charge is 0.340 e. The van der Waals surface area contributed by atoms with Crippen molar-refractivity contribution < 1.29 is 0 Å². The van der Waals surface area contributed by atoms with Crippen LogP contribution < -0.4 is 5.32 Å². The Kier molecular flexibility index (Phi) is 3.92. The first-order chi connectivity index (χ1) is 11.7. The molecule has 118 valence electrons. The van der Waals surface area contributed by atoms with Gasteiger partial charge in [-0.1, -0.05) is 35.9 Å². The summed E-state index contributed by atoms with van der Waals surface area (Å²) in [6, 6.07) is 18.1. The third-order valence-electron chi connectivity index (χ3n) is 3.70. The van der Waals surface area contributed by atoms with Crippen LogP contribution in [0, 0.1) is 6.92 Å². The molecule has 3 nitrogen and oxygen atoms in total. The normalized spacial score (nSPS) is 10.9. The number of anilines is 2. The molecular weight excluding hydrogens is 338 g/mol. The molecule has 5 heteroatoms. The van der Waals surface area contributed by atoms with Gasteiger partial charge in [-0.25, -0.2) is 9.97 Å². The lowest BCUT2D eigenvalue weighted by molar-refractivity contribution is 1.23. The van der Waals surface area contributed by atoms with Crippen molar-refractivity contribution in [3.63, 3.8) is 0 Å². The number of fused-ring (bicyclic) bond motifs is 1. The minimum atomic E-state index is 0.642. The molecule has 0 spiro atoms. The van der Waals surface area contributed by atoms with Crippen molar-refractivity contribution >= 4 is 45.3 Å². The number of nitrogens with one attached hydrogen (secondary N) is 1. The first-order valence-electron chi connectivity index (χ1n) is 7.54. The van der Waals surface area contributed by atoms with E-state index < -0.39 is 0 Å². The van der Waals surface area contributed by atoms with E-state index in [1.807, 2.05) is 47.8 Å². The number of aryl methyl sites for hydroxylation is 1. The van der Waals surface area contributed by atoms with Crippen LogP contribution in [0.3, 0.4) is 0 Å². The van der Waals surface area contributed by atoms with E-state index >= 15 is 0 Å². The zero-order valence-electron chi connectivity index (χ0n) is 13.0. The molecule has 0 amide bonds. The van der Waals surface area contributed by atoms with Crippen molar-refractivity contribution in [2.24, 2.45) is 0 Å². The van der Waals surface area contributed by atoms with Crippen molar-refractivity contribution in [1.82, 2.24) is 9.97 Å². The summed E-state index contributed by atoms with van der Waals surface area (Å²) in [4.78, 5) is 10.3. The van der Waals surface area contributed by atoms with Crippen LogP contribution in [0.2, 0.25) is 5.02 Å². The average Bonchev–Trinajstić information content (AvgIpc) is 3.01. The molecular formula is C19H14ClN3S. The number of hydrogen-bond acceptors (Lipinski definition) is 4. The van der Waals surface area contributed by atoms with Gasteiger partial charge in [0.15, 0.2) is 5.82 Å². The smallest absolute Gasteiger partial charge is 0.173 e. The molecule has 1 N–H and O–H groups in total. The molecule has 0 radical (unpaired) electrons. The van der Waals surface area contributed by atoms with Crippen LogP contribution in [-0.4, -0.2) is 9.97 Å². The SMILES string of the molecule is Cc1cccc(Nc2nc(-c3sccc3Cl)nc3ccccc23)c1. The van der Waals surface area contributed by atoms with Gasteiger partial charge in [0.2, 0.25) is 0 Å². The summed E-state index contributed by atoms with van der Waals surface area (Å²) < 4.78 is 0. The summed E-state index contributed by atoms with van der Waals surface area (Å²) in [5.41, 5.74) is 3.09. The number of halogens is 1. The second-order valence-electron chi connectivity index (χ2n) is 5.51. The molecule has 2 aromatic heterocycles. The maximum atomic E-state index is 6.27. The van der Waals surface area contributed by atoms with Crippen molar-refractivity contribution in [3.05, 3.63) is 70.6 Å². The maximum Gasteiger partial charge on any atom is 0.173 e. The third-order valence-corrected chi connectivity index (χ3v) is 5.04. The summed E-state index contributed by atoms with van der Waals surface area (Å²) in [6.07, 6.45) is 0. The van der Waals surface area contributed by atoms with E-state index in [-0.39, 0.29) is 0 Å². The minimum absolute atomic E-state index is 0.642. The molecule has 0 aliphatic rings. The Morgan fingerprint density at radius 1 is 1.00 bits per heavy atom. The van der Waals surface area contributed by atoms with Crippen molar-refractivity contribution in [2.75, 3.05) is 5.32 Å². The van der Waals surface area contributed by atoms with Gasteiger partial charge in [-0.15, -0.1) is 11.3 Å². The predicted molar refractivity (Wildman–Crippen MR) is 102 cm³/mol. The topological polar surface area (TPSA) is 37.8 Å². The van der Waals surface area contributed by atoms with E-state index in [1.54, 1.807) is 11.3 Å². The van der Waals surface area contributed by atoms with Gasteiger partial charge in [-0.2, -0.15) is 0 Å². The molecule has 2 aromatic carbocycles. The molecule has 0 fully saturated rings. The molecule has 0 saturated carbocycles. The molecule has 4 rings (SSSR count). The highest BCUT2D eigenvalue weighted by atomic mass is 35.5. The Balaban J connectivity index is 1.88. The Hall–Kier alpha value is -2.43. The van der Waals surface area contributed by atoms with Crippen LogP contribution in [-0.2, 0) is 0 Å². The summed E-state index contributed by atoms with van der Waals surface area (Å²) in [5, 5.41) is 7.03. The summed E-state index contributed by atoms with van der Waals surface area (Å²) >= 11 is 7.81. The maximum absolute atomic E-state index is 6.27.